The minimum Gasteiger partial charge on any atom is -0.166 e. The number of benzene rings is 1. The van der Waals surface area contributed by atoms with Crippen LogP contribution in [0.3, 0.4) is 0 Å². The average molecular weight is 318 g/mol. The Bertz CT molecular complexity index is 331. The van der Waals surface area contributed by atoms with Gasteiger partial charge in [0.25, 0.3) is 0 Å². The van der Waals surface area contributed by atoms with Crippen LogP contribution >= 0.6 is 31.9 Å². The van der Waals surface area contributed by atoms with E-state index in [1.165, 1.54) is 13.0 Å². The van der Waals surface area contributed by atoms with Crippen molar-refractivity contribution in [3.63, 3.8) is 0 Å². The van der Waals surface area contributed by atoms with E-state index >= 15 is 0 Å². The Hall–Kier alpha value is -0.0300. The Labute approximate surface area is 90.4 Å². The number of hydrogen-bond donors (Lipinski definition) is 0. The zero-order chi connectivity index (χ0) is 10.2. The summed E-state index contributed by atoms with van der Waals surface area (Å²) in [5.74, 6) is 0. The fourth-order valence-electron chi connectivity index (χ4n) is 0.952. The van der Waals surface area contributed by atoms with E-state index in [0.717, 1.165) is 6.07 Å². The molecule has 0 bridgehead atoms. The van der Waals surface area contributed by atoms with Crippen molar-refractivity contribution >= 4 is 31.9 Å². The van der Waals surface area contributed by atoms with E-state index in [2.05, 4.69) is 31.9 Å². The van der Waals surface area contributed by atoms with Crippen LogP contribution in [0.25, 0.3) is 0 Å². The third kappa shape index (κ3) is 2.47. The molecule has 1 aromatic rings. The zero-order valence-corrected chi connectivity index (χ0v) is 9.72. The standard InChI is InChI=1S/C8H5Br2F3/c1-4-2-6(9)7(10)3-5(4)8(11,12)13/h2-3H,1H3. The van der Waals surface area contributed by atoms with Crippen LogP contribution in [-0.2, 0) is 6.18 Å². The van der Waals surface area contributed by atoms with Crippen LogP contribution in [0.15, 0.2) is 21.1 Å². The Morgan fingerprint density at radius 3 is 2.00 bits per heavy atom. The van der Waals surface area contributed by atoms with Crippen molar-refractivity contribution in [2.24, 2.45) is 0 Å². The van der Waals surface area contributed by atoms with Crippen molar-refractivity contribution in [2.75, 3.05) is 0 Å². The second-order valence-electron chi connectivity index (χ2n) is 2.58. The predicted octanol–water partition coefficient (Wildman–Crippen LogP) is 4.54. The molecule has 0 atom stereocenters. The monoisotopic (exact) mass is 316 g/mol. The third-order valence-electron chi connectivity index (χ3n) is 1.57. The van der Waals surface area contributed by atoms with Gasteiger partial charge >= 0.3 is 6.18 Å². The molecule has 0 amide bonds. The minimum atomic E-state index is -4.28. The average Bonchev–Trinajstić information content (AvgIpc) is 1.94. The van der Waals surface area contributed by atoms with Crippen LogP contribution in [0.1, 0.15) is 11.1 Å². The molecule has 0 fully saturated rings. The van der Waals surface area contributed by atoms with Gasteiger partial charge in [0, 0.05) is 8.95 Å². The van der Waals surface area contributed by atoms with Gasteiger partial charge in [-0.05, 0) is 56.5 Å². The van der Waals surface area contributed by atoms with Gasteiger partial charge in [0.2, 0.25) is 0 Å². The van der Waals surface area contributed by atoms with Gasteiger partial charge in [0.05, 0.1) is 5.56 Å². The number of hydrogen-bond acceptors (Lipinski definition) is 0. The lowest BCUT2D eigenvalue weighted by Gasteiger charge is -2.11. The molecule has 0 nitrogen and oxygen atoms in total. The quantitative estimate of drug-likeness (QED) is 0.659. The van der Waals surface area contributed by atoms with E-state index in [1.54, 1.807) is 0 Å². The summed E-state index contributed by atoms with van der Waals surface area (Å²) < 4.78 is 38.0. The maximum absolute atomic E-state index is 12.3. The molecule has 0 saturated heterocycles. The first-order chi connectivity index (χ1) is 5.82. The van der Waals surface area contributed by atoms with Gasteiger partial charge in [0.15, 0.2) is 0 Å². The van der Waals surface area contributed by atoms with E-state index in [4.69, 9.17) is 0 Å². The normalized spacial score (nSPS) is 11.8. The summed E-state index contributed by atoms with van der Waals surface area (Å²) in [5, 5.41) is 0. The van der Waals surface area contributed by atoms with Crippen molar-refractivity contribution in [1.82, 2.24) is 0 Å². The van der Waals surface area contributed by atoms with Crippen LogP contribution in [0.2, 0.25) is 0 Å². The minimum absolute atomic E-state index is 0.211. The van der Waals surface area contributed by atoms with Gasteiger partial charge in [-0.1, -0.05) is 0 Å². The van der Waals surface area contributed by atoms with Crippen molar-refractivity contribution in [3.8, 4) is 0 Å². The van der Waals surface area contributed by atoms with Gasteiger partial charge in [-0.3, -0.25) is 0 Å². The Morgan fingerprint density at radius 2 is 1.54 bits per heavy atom. The first kappa shape index (κ1) is 11.0. The fraction of sp³-hybridized carbons (Fsp3) is 0.250. The highest BCUT2D eigenvalue weighted by atomic mass is 79.9. The molecule has 5 heteroatoms. The molecule has 1 aromatic carbocycles. The molecule has 0 aromatic heterocycles. The topological polar surface area (TPSA) is 0 Å². The summed E-state index contributed by atoms with van der Waals surface area (Å²) in [6.45, 7) is 1.43. The molecule has 1 rings (SSSR count). The summed E-state index contributed by atoms with van der Waals surface area (Å²) in [6, 6.07) is 2.51. The highest BCUT2D eigenvalue weighted by Crippen LogP contribution is 2.36. The number of halogens is 5. The maximum atomic E-state index is 12.3. The van der Waals surface area contributed by atoms with E-state index in [1.807, 2.05) is 0 Å². The zero-order valence-electron chi connectivity index (χ0n) is 6.54. The van der Waals surface area contributed by atoms with E-state index in [0.29, 0.717) is 8.95 Å². The van der Waals surface area contributed by atoms with Crippen molar-refractivity contribution in [3.05, 3.63) is 32.2 Å². The highest BCUT2D eigenvalue weighted by molar-refractivity contribution is 9.13. The molecule has 0 saturated carbocycles. The van der Waals surface area contributed by atoms with E-state index in [9.17, 15) is 13.2 Å². The SMILES string of the molecule is Cc1cc(Br)c(Br)cc1C(F)(F)F. The lowest BCUT2D eigenvalue weighted by molar-refractivity contribution is -0.138. The molecular weight excluding hydrogens is 313 g/mol. The molecule has 0 aliphatic heterocycles. The van der Waals surface area contributed by atoms with E-state index in [-0.39, 0.29) is 5.56 Å². The number of alkyl halides is 3. The maximum Gasteiger partial charge on any atom is 0.416 e. The molecule has 0 aliphatic carbocycles. The van der Waals surface area contributed by atoms with Crippen molar-refractivity contribution in [1.29, 1.82) is 0 Å². The molecule has 13 heavy (non-hydrogen) atoms. The van der Waals surface area contributed by atoms with Crippen LogP contribution in [0.4, 0.5) is 13.2 Å². The Morgan fingerprint density at radius 1 is 1.08 bits per heavy atom. The molecule has 0 radical (unpaired) electrons. The number of aryl methyl sites for hydroxylation is 1. The molecule has 72 valence electrons. The van der Waals surface area contributed by atoms with Crippen LogP contribution in [0, 0.1) is 6.92 Å². The van der Waals surface area contributed by atoms with Gasteiger partial charge in [-0.15, -0.1) is 0 Å². The highest BCUT2D eigenvalue weighted by Gasteiger charge is 2.32. The Kier molecular flexibility index (Phi) is 3.07. The van der Waals surface area contributed by atoms with Crippen LogP contribution in [0.5, 0.6) is 0 Å². The molecule has 0 N–H and O–H groups in total. The lowest BCUT2D eigenvalue weighted by Crippen LogP contribution is -2.07. The summed E-state index contributed by atoms with van der Waals surface area (Å²) in [7, 11) is 0. The molecule has 0 spiro atoms. The second kappa shape index (κ2) is 3.61. The van der Waals surface area contributed by atoms with Gasteiger partial charge in [-0.2, -0.15) is 13.2 Å². The summed E-state index contributed by atoms with van der Waals surface area (Å²) in [4.78, 5) is 0. The predicted molar refractivity (Wildman–Crippen MR) is 51.6 cm³/mol. The summed E-state index contributed by atoms with van der Waals surface area (Å²) in [6.07, 6.45) is -4.28. The molecular formula is C8H5Br2F3. The van der Waals surface area contributed by atoms with E-state index < -0.39 is 11.7 Å². The van der Waals surface area contributed by atoms with Gasteiger partial charge < -0.3 is 0 Å². The van der Waals surface area contributed by atoms with Gasteiger partial charge in [0.1, 0.15) is 0 Å². The van der Waals surface area contributed by atoms with Crippen molar-refractivity contribution in [2.45, 2.75) is 13.1 Å². The largest absolute Gasteiger partial charge is 0.416 e. The molecule has 0 unspecified atom stereocenters. The van der Waals surface area contributed by atoms with Crippen LogP contribution in [-0.4, -0.2) is 0 Å². The fourth-order valence-corrected chi connectivity index (χ4v) is 1.75. The molecule has 0 aliphatic rings. The van der Waals surface area contributed by atoms with Gasteiger partial charge in [-0.25, -0.2) is 0 Å². The third-order valence-corrected chi connectivity index (χ3v) is 3.42. The first-order valence-electron chi connectivity index (χ1n) is 3.35. The van der Waals surface area contributed by atoms with Crippen molar-refractivity contribution < 1.29 is 13.2 Å². The lowest BCUT2D eigenvalue weighted by atomic mass is 10.1. The number of rotatable bonds is 0. The van der Waals surface area contributed by atoms with Crippen LogP contribution < -0.4 is 0 Å². The first-order valence-corrected chi connectivity index (χ1v) is 4.94. The Balaban J connectivity index is 3.32. The molecule has 0 heterocycles. The second-order valence-corrected chi connectivity index (χ2v) is 4.29. The summed E-state index contributed by atoms with van der Waals surface area (Å²) in [5.41, 5.74) is -0.398. The summed E-state index contributed by atoms with van der Waals surface area (Å²) >= 11 is 6.16. The smallest absolute Gasteiger partial charge is 0.166 e.